The lowest BCUT2D eigenvalue weighted by Crippen LogP contribution is -2.01. The van der Waals surface area contributed by atoms with Crippen LogP contribution < -0.4 is 9.05 Å². The normalized spacial score (nSPS) is 10.6. The van der Waals surface area contributed by atoms with Gasteiger partial charge < -0.3 is 23.7 Å². The molecule has 8 heteroatoms. The smallest absolute Gasteiger partial charge is 0.418 e. The van der Waals surface area contributed by atoms with Crippen LogP contribution in [0.5, 0.6) is 11.5 Å². The van der Waals surface area contributed by atoms with Gasteiger partial charge in [0.1, 0.15) is 11.5 Å². The molecule has 0 fully saturated rings. The van der Waals surface area contributed by atoms with Crippen molar-refractivity contribution in [3.63, 3.8) is 0 Å². The highest BCUT2D eigenvalue weighted by Gasteiger charge is 2.16. The van der Waals surface area contributed by atoms with Crippen LogP contribution in [-0.4, -0.2) is 21.3 Å². The van der Waals surface area contributed by atoms with Crippen molar-refractivity contribution < 1.29 is 28.3 Å². The molecule has 0 bridgehead atoms. The molecule has 0 heterocycles. The third-order valence-corrected chi connectivity index (χ3v) is 5.15. The Kier molecular flexibility index (Phi) is 16.5. The van der Waals surface area contributed by atoms with Crippen LogP contribution in [0.25, 0.3) is 0 Å². The summed E-state index contributed by atoms with van der Waals surface area (Å²) >= 11 is 0. The Bertz CT molecular complexity index is 571. The molecule has 2 aromatic carbocycles. The lowest BCUT2D eigenvalue weighted by Gasteiger charge is -2.17. The molecular formula is C22H34O6P2. The van der Waals surface area contributed by atoms with Crippen molar-refractivity contribution in [1.29, 1.82) is 0 Å². The maximum absolute atomic E-state index is 7.23. The van der Waals surface area contributed by atoms with Crippen LogP contribution in [-0.2, 0) is 4.52 Å². The highest BCUT2D eigenvalue weighted by molar-refractivity contribution is 7.42. The van der Waals surface area contributed by atoms with E-state index in [1.165, 1.54) is 44.9 Å². The Morgan fingerprint density at radius 3 is 1.47 bits per heavy atom. The molecule has 0 aliphatic carbocycles. The lowest BCUT2D eigenvalue weighted by atomic mass is 10.1. The predicted octanol–water partition coefficient (Wildman–Crippen LogP) is 6.72. The number of hydrogen-bond acceptors (Lipinski definition) is 6. The van der Waals surface area contributed by atoms with E-state index in [1.807, 2.05) is 60.7 Å². The minimum atomic E-state index is -2.62. The molecule has 0 radical (unpaired) electrons. The quantitative estimate of drug-likeness (QED) is 0.216. The summed E-state index contributed by atoms with van der Waals surface area (Å²) in [4.78, 5) is 21.7. The van der Waals surface area contributed by atoms with E-state index in [0.717, 1.165) is 17.9 Å². The molecule has 0 aliphatic heterocycles. The van der Waals surface area contributed by atoms with E-state index in [4.69, 9.17) is 28.3 Å². The summed E-state index contributed by atoms with van der Waals surface area (Å²) < 4.78 is 17.7. The van der Waals surface area contributed by atoms with E-state index in [1.54, 1.807) is 0 Å². The van der Waals surface area contributed by atoms with Crippen molar-refractivity contribution in [1.82, 2.24) is 0 Å². The van der Waals surface area contributed by atoms with Crippen molar-refractivity contribution in [3.8, 4) is 11.5 Å². The first-order chi connectivity index (χ1) is 14.6. The van der Waals surface area contributed by atoms with Crippen LogP contribution >= 0.6 is 17.2 Å². The zero-order valence-electron chi connectivity index (χ0n) is 17.6. The fourth-order valence-electron chi connectivity index (χ4n) is 2.58. The van der Waals surface area contributed by atoms with Gasteiger partial charge in [-0.05, 0) is 30.7 Å². The van der Waals surface area contributed by atoms with Crippen LogP contribution in [0.1, 0.15) is 58.3 Å². The minimum Gasteiger partial charge on any atom is -0.418 e. The van der Waals surface area contributed by atoms with E-state index in [0.29, 0.717) is 6.61 Å². The molecule has 0 unspecified atom stereocenters. The van der Waals surface area contributed by atoms with Gasteiger partial charge in [-0.2, -0.15) is 0 Å². The fraction of sp³-hybridized carbons (Fsp3) is 0.455. The van der Waals surface area contributed by atoms with Crippen molar-refractivity contribution in [2.45, 2.75) is 58.3 Å². The number of unbranched alkanes of at least 4 members (excludes halogenated alkanes) is 7. The van der Waals surface area contributed by atoms with Crippen LogP contribution in [0.4, 0.5) is 0 Å². The molecule has 2 rings (SSSR count). The molecule has 0 aliphatic rings. The second-order valence-corrected chi connectivity index (χ2v) is 8.22. The highest BCUT2D eigenvalue weighted by atomic mass is 31.2. The first-order valence-electron chi connectivity index (χ1n) is 10.4. The summed E-state index contributed by atoms with van der Waals surface area (Å²) in [7, 11) is -4.07. The number of benzene rings is 2. The Hall–Kier alpha value is -1.26. The van der Waals surface area contributed by atoms with Gasteiger partial charge in [-0.15, -0.1) is 0 Å². The summed E-state index contributed by atoms with van der Waals surface area (Å²) in [5.74, 6) is 1.54. The van der Waals surface area contributed by atoms with Crippen LogP contribution in [0, 0.1) is 0 Å². The zero-order chi connectivity index (χ0) is 21.9. The fourth-order valence-corrected chi connectivity index (χ4v) is 3.59. The van der Waals surface area contributed by atoms with Gasteiger partial charge in [-0.1, -0.05) is 88.3 Å². The van der Waals surface area contributed by atoms with Gasteiger partial charge in [0.15, 0.2) is 0 Å². The van der Waals surface area contributed by atoms with Gasteiger partial charge >= 0.3 is 17.2 Å². The van der Waals surface area contributed by atoms with Gasteiger partial charge in [0, 0.05) is 0 Å². The van der Waals surface area contributed by atoms with Crippen LogP contribution in [0.15, 0.2) is 60.7 Å². The largest absolute Gasteiger partial charge is 0.463 e. The Labute approximate surface area is 182 Å². The summed E-state index contributed by atoms with van der Waals surface area (Å²) in [6, 6.07) is 19.4. The standard InChI is InChI=1S/C22H31O3P.H3O3P/c1-2-3-4-5-6-7-8-15-20-23-26(24-21-16-11-9-12-17-21)25-22-18-13-10-14-19-22;1-4(2)3/h9-14,16-19H,2-8,15,20H2,1H3;1-3H. The van der Waals surface area contributed by atoms with Crippen LogP contribution in [0.3, 0.4) is 0 Å². The number of para-hydroxylation sites is 2. The first-order valence-corrected chi connectivity index (χ1v) is 12.7. The summed E-state index contributed by atoms with van der Waals surface area (Å²) in [6.07, 6.45) is 10.2. The van der Waals surface area contributed by atoms with E-state index in [9.17, 15) is 0 Å². The van der Waals surface area contributed by atoms with Gasteiger partial charge in [0.2, 0.25) is 0 Å². The van der Waals surface area contributed by atoms with Crippen molar-refractivity contribution in [2.75, 3.05) is 6.61 Å². The molecule has 6 nitrogen and oxygen atoms in total. The van der Waals surface area contributed by atoms with E-state index < -0.39 is 17.2 Å². The summed E-state index contributed by atoms with van der Waals surface area (Å²) in [5.41, 5.74) is 0. The molecule has 0 atom stereocenters. The van der Waals surface area contributed by atoms with E-state index >= 15 is 0 Å². The second kappa shape index (κ2) is 18.5. The molecule has 2 aromatic rings. The monoisotopic (exact) mass is 456 g/mol. The molecule has 0 aromatic heterocycles. The molecule has 0 saturated heterocycles. The van der Waals surface area contributed by atoms with E-state index in [-0.39, 0.29) is 0 Å². The number of hydrogen-bond donors (Lipinski definition) is 3. The topological polar surface area (TPSA) is 88.4 Å². The minimum absolute atomic E-state index is 0.667. The Morgan fingerprint density at radius 2 is 1.03 bits per heavy atom. The molecule has 0 spiro atoms. The zero-order valence-corrected chi connectivity index (χ0v) is 19.4. The molecular weight excluding hydrogens is 422 g/mol. The second-order valence-electron chi connectivity index (χ2n) is 6.61. The third-order valence-electron chi connectivity index (χ3n) is 4.04. The SMILES string of the molecule is CCCCCCCCCCOP(Oc1ccccc1)Oc1ccccc1.OP(O)O. The third kappa shape index (κ3) is 15.6. The van der Waals surface area contributed by atoms with Gasteiger partial charge in [-0.25, -0.2) is 0 Å². The molecule has 168 valence electrons. The van der Waals surface area contributed by atoms with E-state index in [2.05, 4.69) is 6.92 Å². The molecule has 0 saturated carbocycles. The van der Waals surface area contributed by atoms with Gasteiger partial charge in [-0.3, -0.25) is 4.52 Å². The molecule has 3 N–H and O–H groups in total. The molecule has 0 amide bonds. The predicted molar refractivity (Wildman–Crippen MR) is 123 cm³/mol. The average molecular weight is 456 g/mol. The maximum Gasteiger partial charge on any atom is 0.463 e. The summed E-state index contributed by atoms with van der Waals surface area (Å²) in [5, 5.41) is 0. The Morgan fingerprint density at radius 1 is 0.633 bits per heavy atom. The van der Waals surface area contributed by atoms with Crippen molar-refractivity contribution >= 4 is 17.2 Å². The van der Waals surface area contributed by atoms with Crippen molar-refractivity contribution in [2.24, 2.45) is 0 Å². The highest BCUT2D eigenvalue weighted by Crippen LogP contribution is 2.41. The van der Waals surface area contributed by atoms with Gasteiger partial charge in [0.05, 0.1) is 6.61 Å². The lowest BCUT2D eigenvalue weighted by molar-refractivity contribution is 0.258. The Balaban J connectivity index is 0.00000103. The van der Waals surface area contributed by atoms with Gasteiger partial charge in [0.25, 0.3) is 0 Å². The van der Waals surface area contributed by atoms with Crippen molar-refractivity contribution in [3.05, 3.63) is 60.7 Å². The average Bonchev–Trinajstić information content (AvgIpc) is 2.73. The maximum atomic E-state index is 7.23. The number of rotatable bonds is 14. The summed E-state index contributed by atoms with van der Waals surface area (Å²) in [6.45, 7) is 2.92. The molecule has 30 heavy (non-hydrogen) atoms. The van der Waals surface area contributed by atoms with Crippen LogP contribution in [0.2, 0.25) is 0 Å². The first kappa shape index (κ1) is 26.8.